The van der Waals surface area contributed by atoms with E-state index in [-0.39, 0.29) is 5.97 Å². The number of ether oxygens (including phenoxy) is 2. The SMILES string of the molecule is CCCCC(CCOC)COC(C)=O. The number of hydrogen-bond acceptors (Lipinski definition) is 3. The Kier molecular flexibility index (Phi) is 8.64. The van der Waals surface area contributed by atoms with E-state index in [1.165, 1.54) is 19.8 Å². The molecule has 0 bridgehead atoms. The summed E-state index contributed by atoms with van der Waals surface area (Å²) >= 11 is 0. The highest BCUT2D eigenvalue weighted by Crippen LogP contribution is 2.13. The lowest BCUT2D eigenvalue weighted by molar-refractivity contribution is -0.142. The van der Waals surface area contributed by atoms with Crippen molar-refractivity contribution >= 4 is 5.97 Å². The molecule has 0 N–H and O–H groups in total. The maximum Gasteiger partial charge on any atom is 0.302 e. The third-order valence-electron chi connectivity index (χ3n) is 2.22. The zero-order chi connectivity index (χ0) is 10.8. The van der Waals surface area contributed by atoms with E-state index in [1.54, 1.807) is 7.11 Å². The second-order valence-corrected chi connectivity index (χ2v) is 3.59. The van der Waals surface area contributed by atoms with Gasteiger partial charge in [-0.05, 0) is 18.8 Å². The summed E-state index contributed by atoms with van der Waals surface area (Å²) in [6, 6.07) is 0. The van der Waals surface area contributed by atoms with Crippen LogP contribution in [0.1, 0.15) is 39.5 Å². The van der Waals surface area contributed by atoms with Crippen molar-refractivity contribution in [2.75, 3.05) is 20.3 Å². The lowest BCUT2D eigenvalue weighted by Gasteiger charge is -2.15. The third-order valence-corrected chi connectivity index (χ3v) is 2.22. The molecule has 0 aliphatic carbocycles. The molecule has 3 nitrogen and oxygen atoms in total. The number of carbonyl (C=O) groups is 1. The molecule has 0 aromatic carbocycles. The predicted molar refractivity (Wildman–Crippen MR) is 56.1 cm³/mol. The van der Waals surface area contributed by atoms with Crippen molar-refractivity contribution in [2.45, 2.75) is 39.5 Å². The van der Waals surface area contributed by atoms with Crippen LogP contribution in [0.2, 0.25) is 0 Å². The highest BCUT2D eigenvalue weighted by molar-refractivity contribution is 5.65. The van der Waals surface area contributed by atoms with Gasteiger partial charge in [-0.25, -0.2) is 0 Å². The molecule has 1 atom stereocenters. The number of esters is 1. The van der Waals surface area contributed by atoms with Crippen LogP contribution < -0.4 is 0 Å². The first-order valence-corrected chi connectivity index (χ1v) is 5.33. The molecule has 0 spiro atoms. The number of unbranched alkanes of at least 4 members (excludes halogenated alkanes) is 1. The maximum absolute atomic E-state index is 10.6. The number of carbonyl (C=O) groups excluding carboxylic acids is 1. The molecule has 0 rings (SSSR count). The molecule has 0 saturated carbocycles. The van der Waals surface area contributed by atoms with Gasteiger partial charge in [0.25, 0.3) is 0 Å². The number of methoxy groups -OCH3 is 1. The van der Waals surface area contributed by atoms with Gasteiger partial charge >= 0.3 is 5.97 Å². The van der Waals surface area contributed by atoms with Gasteiger partial charge in [-0.2, -0.15) is 0 Å². The quantitative estimate of drug-likeness (QED) is 0.567. The van der Waals surface area contributed by atoms with Gasteiger partial charge in [0.1, 0.15) is 0 Å². The number of hydrogen-bond donors (Lipinski definition) is 0. The van der Waals surface area contributed by atoms with Crippen LogP contribution in [0.25, 0.3) is 0 Å². The fourth-order valence-corrected chi connectivity index (χ4v) is 1.32. The molecule has 0 saturated heterocycles. The first-order valence-electron chi connectivity index (χ1n) is 5.33. The average Bonchev–Trinajstić information content (AvgIpc) is 2.16. The van der Waals surface area contributed by atoms with Gasteiger partial charge in [0, 0.05) is 20.6 Å². The van der Waals surface area contributed by atoms with Gasteiger partial charge in [-0.1, -0.05) is 19.8 Å². The Balaban J connectivity index is 3.65. The Hall–Kier alpha value is -0.570. The normalized spacial score (nSPS) is 12.5. The summed E-state index contributed by atoms with van der Waals surface area (Å²) in [5, 5.41) is 0. The largest absolute Gasteiger partial charge is 0.466 e. The summed E-state index contributed by atoms with van der Waals surface area (Å²) in [7, 11) is 1.70. The van der Waals surface area contributed by atoms with Crippen molar-refractivity contribution < 1.29 is 14.3 Å². The summed E-state index contributed by atoms with van der Waals surface area (Å²) in [5.74, 6) is 0.266. The molecule has 0 aliphatic heterocycles. The van der Waals surface area contributed by atoms with Crippen molar-refractivity contribution in [3.05, 3.63) is 0 Å². The first-order chi connectivity index (χ1) is 6.70. The van der Waals surface area contributed by atoms with Gasteiger partial charge in [0.2, 0.25) is 0 Å². The minimum absolute atomic E-state index is 0.191. The Morgan fingerprint density at radius 1 is 1.36 bits per heavy atom. The molecule has 1 unspecified atom stereocenters. The summed E-state index contributed by atoms with van der Waals surface area (Å²) in [6.07, 6.45) is 4.47. The van der Waals surface area contributed by atoms with Crippen LogP contribution in [0.3, 0.4) is 0 Å². The zero-order valence-electron chi connectivity index (χ0n) is 9.54. The summed E-state index contributed by atoms with van der Waals surface area (Å²) in [4.78, 5) is 10.6. The van der Waals surface area contributed by atoms with Crippen molar-refractivity contribution in [1.82, 2.24) is 0 Å². The molecule has 0 radical (unpaired) electrons. The standard InChI is InChI=1S/C11H22O3/c1-4-5-6-11(7-8-13-3)9-14-10(2)12/h11H,4-9H2,1-3H3. The van der Waals surface area contributed by atoms with Crippen LogP contribution >= 0.6 is 0 Å². The summed E-state index contributed by atoms with van der Waals surface area (Å²) < 4.78 is 10.0. The Bertz CT molecular complexity index is 137. The highest BCUT2D eigenvalue weighted by Gasteiger charge is 2.09. The monoisotopic (exact) mass is 202 g/mol. The van der Waals surface area contributed by atoms with Gasteiger partial charge in [-0.15, -0.1) is 0 Å². The second kappa shape index (κ2) is 9.00. The van der Waals surface area contributed by atoms with E-state index in [9.17, 15) is 4.79 Å². The smallest absolute Gasteiger partial charge is 0.302 e. The van der Waals surface area contributed by atoms with Crippen LogP contribution in [0.5, 0.6) is 0 Å². The van der Waals surface area contributed by atoms with E-state index in [2.05, 4.69) is 6.92 Å². The van der Waals surface area contributed by atoms with Crippen molar-refractivity contribution in [3.8, 4) is 0 Å². The molecule has 3 heteroatoms. The fourth-order valence-electron chi connectivity index (χ4n) is 1.32. The fraction of sp³-hybridized carbons (Fsp3) is 0.909. The first kappa shape index (κ1) is 13.4. The van der Waals surface area contributed by atoms with E-state index >= 15 is 0 Å². The lowest BCUT2D eigenvalue weighted by atomic mass is 10.00. The molecule has 84 valence electrons. The Morgan fingerprint density at radius 2 is 2.07 bits per heavy atom. The number of rotatable bonds is 8. The summed E-state index contributed by atoms with van der Waals surface area (Å²) in [5.41, 5.74) is 0. The molecule has 0 aliphatic rings. The second-order valence-electron chi connectivity index (χ2n) is 3.59. The lowest BCUT2D eigenvalue weighted by Crippen LogP contribution is -2.14. The van der Waals surface area contributed by atoms with Crippen molar-refractivity contribution in [2.24, 2.45) is 5.92 Å². The van der Waals surface area contributed by atoms with Gasteiger partial charge in [0.15, 0.2) is 0 Å². The zero-order valence-corrected chi connectivity index (χ0v) is 9.54. The van der Waals surface area contributed by atoms with Crippen molar-refractivity contribution in [1.29, 1.82) is 0 Å². The van der Waals surface area contributed by atoms with E-state index in [0.717, 1.165) is 19.4 Å². The highest BCUT2D eigenvalue weighted by atomic mass is 16.5. The molecule has 14 heavy (non-hydrogen) atoms. The molecule has 0 amide bonds. The third kappa shape index (κ3) is 8.05. The topological polar surface area (TPSA) is 35.5 Å². The predicted octanol–water partition coefficient (Wildman–Crippen LogP) is 2.39. The van der Waals surface area contributed by atoms with E-state index in [0.29, 0.717) is 12.5 Å². The molecular weight excluding hydrogens is 180 g/mol. The minimum Gasteiger partial charge on any atom is -0.466 e. The molecule has 0 fully saturated rings. The maximum atomic E-state index is 10.6. The molecule has 0 aromatic heterocycles. The summed E-state index contributed by atoms with van der Waals surface area (Å²) in [6.45, 7) is 4.90. The van der Waals surface area contributed by atoms with E-state index < -0.39 is 0 Å². The Morgan fingerprint density at radius 3 is 2.57 bits per heavy atom. The average molecular weight is 202 g/mol. The minimum atomic E-state index is -0.191. The van der Waals surface area contributed by atoms with Gasteiger partial charge < -0.3 is 9.47 Å². The van der Waals surface area contributed by atoms with E-state index in [1.807, 2.05) is 0 Å². The van der Waals surface area contributed by atoms with Crippen LogP contribution in [0.4, 0.5) is 0 Å². The van der Waals surface area contributed by atoms with Gasteiger partial charge in [-0.3, -0.25) is 4.79 Å². The molecule has 0 heterocycles. The molecule has 0 aromatic rings. The van der Waals surface area contributed by atoms with Crippen LogP contribution in [-0.2, 0) is 14.3 Å². The van der Waals surface area contributed by atoms with Crippen LogP contribution in [0, 0.1) is 5.92 Å². The Labute approximate surface area is 86.8 Å². The van der Waals surface area contributed by atoms with Crippen LogP contribution in [-0.4, -0.2) is 26.3 Å². The van der Waals surface area contributed by atoms with E-state index in [4.69, 9.17) is 9.47 Å². The van der Waals surface area contributed by atoms with Crippen molar-refractivity contribution in [3.63, 3.8) is 0 Å². The molecular formula is C11H22O3. The van der Waals surface area contributed by atoms with Gasteiger partial charge in [0.05, 0.1) is 6.61 Å². The van der Waals surface area contributed by atoms with Crippen LogP contribution in [0.15, 0.2) is 0 Å².